The normalized spacial score (nSPS) is 12.1. The Morgan fingerprint density at radius 2 is 1.01 bits per heavy atom. The van der Waals surface area contributed by atoms with Crippen molar-refractivity contribution >= 4 is 88.1 Å². The summed E-state index contributed by atoms with van der Waals surface area (Å²) in [5.74, 6) is -1.82. The fourth-order valence-corrected chi connectivity index (χ4v) is 13.4. The first kappa shape index (κ1) is 100. The molecule has 564 valence electrons. The number of hydrogen-bond acceptors (Lipinski definition) is 15. The van der Waals surface area contributed by atoms with E-state index in [1.54, 1.807) is 18.3 Å². The fourth-order valence-electron chi connectivity index (χ4n) is 12.2. The molecule has 1 saturated carbocycles. The minimum Gasteiger partial charge on any atom is -0.753 e. The molecule has 1 fully saturated rings. The van der Waals surface area contributed by atoms with Crippen molar-refractivity contribution in [2.24, 2.45) is 4.99 Å². The van der Waals surface area contributed by atoms with Crippen LogP contribution in [0.25, 0.3) is 45.2 Å². The fraction of sp³-hybridized carbons (Fsp3) is 0.368. The summed E-state index contributed by atoms with van der Waals surface area (Å²) in [6.45, 7) is 8.35. The number of hydrogen-bond donors (Lipinski definition) is 2. The van der Waals surface area contributed by atoms with Crippen molar-refractivity contribution in [1.29, 1.82) is 0 Å². The van der Waals surface area contributed by atoms with Gasteiger partial charge in [-0.3, -0.25) is 29.3 Å². The molecule has 2 atom stereocenters. The first-order valence-corrected chi connectivity index (χ1v) is 38.9. The van der Waals surface area contributed by atoms with Gasteiger partial charge in [0, 0.05) is 30.2 Å². The van der Waals surface area contributed by atoms with Crippen LogP contribution >= 0.6 is 48.0 Å². The number of fused-ring (bicyclic) bond motifs is 3. The molecule has 22 heteroatoms. The van der Waals surface area contributed by atoms with Crippen LogP contribution < -0.4 is 74.8 Å². The van der Waals surface area contributed by atoms with E-state index in [1.165, 1.54) is 233 Å². The van der Waals surface area contributed by atoms with Gasteiger partial charge in [-0.05, 0) is 155 Å². The SMILES string of the molecule is C=C(c1ccccc1)c1ccccc1.CCCCCCCCCCCCCc1ccnc(-c2cc(CCCCCCCCCCCCC)ccn2)c1.O=C(O)Cn1c(O)c(C=c2ccc3c(c2)C2CCCC2N=3)sc1=S.O=C([O-])c1ccnc(-c2c[c-]ccn2)c1.O=C=O.[N-]=C=S.[N-]=C=S.[Na+].[Na+].[Ru+2].c1ccccc1. The molecule has 5 aromatic heterocycles. The average molecular weight is 1650 g/mol. The van der Waals surface area contributed by atoms with Gasteiger partial charge in [-0.15, -0.1) is 11.3 Å². The number of aryl methyl sites for hydroxylation is 2. The van der Waals surface area contributed by atoms with Gasteiger partial charge >= 0.3 is 90.7 Å². The van der Waals surface area contributed by atoms with Gasteiger partial charge in [0.05, 0.1) is 33.6 Å². The number of isothiocyanates is 2. The summed E-state index contributed by atoms with van der Waals surface area (Å²) in [5.41, 5.74) is 10.8. The molecule has 109 heavy (non-hydrogen) atoms. The first-order chi connectivity index (χ1) is 51.7. The average Bonchev–Trinajstić information content (AvgIpc) is 1.53. The second kappa shape index (κ2) is 63.7. The number of aromatic carboxylic acids is 1. The number of pyridine rings is 4. The van der Waals surface area contributed by atoms with E-state index in [0.717, 1.165) is 40.4 Å². The summed E-state index contributed by atoms with van der Waals surface area (Å²) >= 11 is 13.8. The maximum atomic E-state index is 10.9. The van der Waals surface area contributed by atoms with Gasteiger partial charge in [0.2, 0.25) is 5.88 Å². The third-order valence-electron chi connectivity index (χ3n) is 17.5. The van der Waals surface area contributed by atoms with E-state index in [-0.39, 0.29) is 103 Å². The van der Waals surface area contributed by atoms with Crippen LogP contribution in [0.2, 0.25) is 0 Å². The van der Waals surface area contributed by atoms with Gasteiger partial charge in [0.25, 0.3) is 0 Å². The quantitative estimate of drug-likeness (QED) is 0.0131. The van der Waals surface area contributed by atoms with Crippen LogP contribution in [0.5, 0.6) is 5.88 Å². The number of thiocarbonyl (C=S) groups is 2. The van der Waals surface area contributed by atoms with Crippen molar-refractivity contribution in [2.75, 3.05) is 0 Å². The second-order valence-corrected chi connectivity index (χ2v) is 27.4. The van der Waals surface area contributed by atoms with Crippen molar-refractivity contribution in [2.45, 2.75) is 206 Å². The minimum absolute atomic E-state index is 0. The number of carboxylic acid groups (broad SMARTS) is 2. The van der Waals surface area contributed by atoms with E-state index in [9.17, 15) is 19.8 Å². The number of benzene rings is 4. The number of aliphatic carboxylic acids is 1. The Bertz CT molecular complexity index is 4110. The van der Waals surface area contributed by atoms with Crippen LogP contribution in [0.3, 0.4) is 0 Å². The van der Waals surface area contributed by atoms with E-state index >= 15 is 0 Å². The van der Waals surface area contributed by atoms with Gasteiger partial charge in [0.1, 0.15) is 6.54 Å². The van der Waals surface area contributed by atoms with E-state index < -0.39 is 11.9 Å². The molecule has 6 heterocycles. The molecule has 2 aliphatic rings. The van der Waals surface area contributed by atoms with Crippen LogP contribution in [-0.4, -0.2) is 69.2 Å². The number of nitrogens with zero attached hydrogens (tertiary/aromatic N) is 8. The van der Waals surface area contributed by atoms with Gasteiger partial charge < -0.3 is 35.9 Å². The molecule has 0 spiro atoms. The molecule has 11 rings (SSSR count). The van der Waals surface area contributed by atoms with Crippen LogP contribution in [-0.2, 0) is 53.2 Å². The number of unbranched alkanes of at least 4 members (excludes halogenated alkanes) is 20. The van der Waals surface area contributed by atoms with Crippen LogP contribution in [0.4, 0.5) is 0 Å². The van der Waals surface area contributed by atoms with Crippen molar-refractivity contribution in [3.8, 4) is 28.7 Å². The van der Waals surface area contributed by atoms with Gasteiger partial charge in [0.15, 0.2) is 3.95 Å². The maximum Gasteiger partial charge on any atom is 2.00 e. The molecule has 2 unspecified atom stereocenters. The number of aromatic nitrogens is 5. The Morgan fingerprint density at radius 3 is 1.43 bits per heavy atom. The molecular formula is C87H100N8Na2O7RuS4. The van der Waals surface area contributed by atoms with Crippen LogP contribution in [0.15, 0.2) is 200 Å². The smallest absolute Gasteiger partial charge is 0.753 e. The topological polar surface area (TPSA) is 245 Å². The number of rotatable bonds is 32. The summed E-state index contributed by atoms with van der Waals surface area (Å²) in [7, 11) is 0. The number of carbonyl (C=O) groups is 2. The first-order valence-electron chi connectivity index (χ1n) is 36.8. The zero-order valence-electron chi connectivity index (χ0n) is 63.6. The number of thiazole rings is 1. The van der Waals surface area contributed by atoms with Gasteiger partial charge in [-0.2, -0.15) is 38.1 Å². The second-order valence-electron chi connectivity index (χ2n) is 25.4. The zero-order valence-corrected chi connectivity index (χ0v) is 72.6. The maximum absolute atomic E-state index is 10.9. The summed E-state index contributed by atoms with van der Waals surface area (Å²) in [5, 5.41) is 48.8. The number of carbonyl (C=O) groups excluding carboxylic acids is 3. The molecule has 0 radical (unpaired) electrons. The standard InChI is InChI=1S/C36H60N2.C17H16N2O3S2.C14H12.C11H7N2O2.C6H6.2CNS.CO2.2Na.Ru/c1-3-5-7-9-11-13-15-17-19-21-23-25-33-27-29-37-35(31-33)36-32-34(28-30-38-36)26-24-22-20-18-16-14-12-10-8-6-4-2;20-15(21)8-19-16(22)14(24-17(19)23)7-9-4-5-13-11(6-9)10-2-1-3-12(10)18-13;1-12(13-8-4-2-5-9-13)14-10-6-3-7-11-14;14-11(15)8-4-6-13-10(7-8)9-3-1-2-5-12-9;1-2-4-6-5-3-1;3*2-1-3;;;/h27-32H,3-26H2,1-2H3;4-7,10,12,22H,1-3,8H2,(H,20,21);2-11H,1H2;2-7H,(H,14,15);1-6H;;;;;;/q;;;-1;;2*-1;;2*+1;+2/p-1. The molecule has 9 aromatic rings. The third kappa shape index (κ3) is 41.8. The summed E-state index contributed by atoms with van der Waals surface area (Å²) < 4.78 is 1.59. The molecule has 0 bridgehead atoms. The Hall–Kier alpha value is -6.92. The Balaban J connectivity index is 0.000000714. The Kier molecular flexibility index (Phi) is 58.5. The van der Waals surface area contributed by atoms with Gasteiger partial charge in [-0.25, -0.2) is 0 Å². The monoisotopic (exact) mass is 1640 g/mol. The molecule has 15 nitrogen and oxygen atoms in total. The summed E-state index contributed by atoms with van der Waals surface area (Å²) in [6.07, 6.45) is 45.6. The molecule has 0 saturated heterocycles. The van der Waals surface area contributed by atoms with E-state index in [1.807, 2.05) is 103 Å². The Morgan fingerprint density at radius 1 is 0.596 bits per heavy atom. The summed E-state index contributed by atoms with van der Waals surface area (Å²) in [4.78, 5) is 60.5. The molecule has 4 aromatic carbocycles. The predicted molar refractivity (Wildman–Crippen MR) is 436 cm³/mol. The third-order valence-corrected chi connectivity index (χ3v) is 18.9. The molecular weight excluding hydrogens is 1540 g/mol. The zero-order chi connectivity index (χ0) is 76.6. The van der Waals surface area contributed by atoms with E-state index in [2.05, 4.69) is 125 Å². The number of carboxylic acids is 2. The minimum atomic E-state index is -1.22. The predicted octanol–water partition coefficient (Wildman–Crippen LogP) is 14.5. The van der Waals surface area contributed by atoms with E-state index in [4.69, 9.17) is 42.7 Å². The van der Waals surface area contributed by atoms with Crippen molar-refractivity contribution in [3.05, 3.63) is 265 Å². The number of aromatic hydroxyl groups is 1. The molecule has 0 amide bonds. The van der Waals surface area contributed by atoms with Crippen molar-refractivity contribution in [3.63, 3.8) is 0 Å². The Labute approximate surface area is 722 Å². The van der Waals surface area contributed by atoms with Crippen LogP contribution in [0, 0.1) is 10.0 Å². The molecule has 2 N–H and O–H groups in total. The summed E-state index contributed by atoms with van der Waals surface area (Å²) in [6, 6.07) is 56.9. The van der Waals surface area contributed by atoms with E-state index in [0.29, 0.717) is 32.2 Å². The molecule has 1 aliphatic heterocycles. The largest absolute Gasteiger partial charge is 2.00 e. The van der Waals surface area contributed by atoms with Crippen LogP contribution in [0.1, 0.15) is 223 Å². The van der Waals surface area contributed by atoms with Crippen molar-refractivity contribution in [1.82, 2.24) is 24.5 Å². The van der Waals surface area contributed by atoms with Crippen molar-refractivity contribution < 1.29 is 113 Å². The molecule has 1 aliphatic carbocycles. The van der Waals surface area contributed by atoms with Gasteiger partial charge in [-0.1, -0.05) is 289 Å².